The van der Waals surface area contributed by atoms with Gasteiger partial charge in [0.1, 0.15) is 0 Å². The van der Waals surface area contributed by atoms with Gasteiger partial charge in [-0.1, -0.05) is 11.6 Å². The van der Waals surface area contributed by atoms with Crippen LogP contribution >= 0.6 is 22.9 Å². The summed E-state index contributed by atoms with van der Waals surface area (Å²) >= 11 is 7.34. The van der Waals surface area contributed by atoms with Crippen molar-refractivity contribution in [2.45, 2.75) is 20.0 Å². The van der Waals surface area contributed by atoms with E-state index in [-0.39, 0.29) is 5.91 Å². The number of halogens is 1. The van der Waals surface area contributed by atoms with E-state index < -0.39 is 11.1 Å². The number of benzene rings is 1. The number of aromatic nitrogens is 2. The third-order valence-corrected chi connectivity index (χ3v) is 5.12. The van der Waals surface area contributed by atoms with Gasteiger partial charge in [-0.15, -0.1) is 11.3 Å². The molecule has 130 valence electrons. The second kappa shape index (κ2) is 6.85. The number of thiophene rings is 1. The molecule has 2 aromatic heterocycles. The number of rotatable bonds is 4. The predicted octanol–water partition coefficient (Wildman–Crippen LogP) is 2.70. The molecule has 0 radical (unpaired) electrons. The van der Waals surface area contributed by atoms with Crippen molar-refractivity contribution in [2.75, 3.05) is 7.05 Å². The highest BCUT2D eigenvalue weighted by atomic mass is 35.5. The van der Waals surface area contributed by atoms with E-state index in [1.165, 1.54) is 15.9 Å². The largest absolute Gasteiger partial charge is 0.337 e. The Balaban J connectivity index is 1.95. The van der Waals surface area contributed by atoms with Gasteiger partial charge in [0.2, 0.25) is 0 Å². The lowest BCUT2D eigenvalue weighted by atomic mass is 10.1. The molecule has 25 heavy (non-hydrogen) atoms. The zero-order chi connectivity index (χ0) is 18.1. The van der Waals surface area contributed by atoms with Crippen LogP contribution in [0.5, 0.6) is 0 Å². The van der Waals surface area contributed by atoms with Crippen molar-refractivity contribution in [2.24, 2.45) is 0 Å². The van der Waals surface area contributed by atoms with Crippen LogP contribution in [-0.2, 0) is 13.1 Å². The molecule has 0 spiro atoms. The van der Waals surface area contributed by atoms with Crippen molar-refractivity contribution in [1.29, 1.82) is 0 Å². The monoisotopic (exact) mass is 377 g/mol. The van der Waals surface area contributed by atoms with Gasteiger partial charge in [-0.3, -0.25) is 14.4 Å². The first-order chi connectivity index (χ1) is 11.9. The number of H-pyrrole nitrogens is 1. The molecule has 0 unspecified atom stereocenters. The molecule has 3 aromatic rings. The van der Waals surface area contributed by atoms with Gasteiger partial charge < -0.3 is 14.5 Å². The average molecular weight is 378 g/mol. The van der Waals surface area contributed by atoms with Crippen LogP contribution in [0.25, 0.3) is 11.0 Å². The average Bonchev–Trinajstić information content (AvgIpc) is 2.99. The summed E-state index contributed by atoms with van der Waals surface area (Å²) in [4.78, 5) is 41.4. The van der Waals surface area contributed by atoms with Crippen LogP contribution in [0.4, 0.5) is 0 Å². The highest BCUT2D eigenvalue weighted by Crippen LogP contribution is 2.23. The molecule has 1 aromatic carbocycles. The smallest absolute Gasteiger partial charge is 0.316 e. The molecule has 0 aliphatic heterocycles. The second-order valence-electron chi connectivity index (χ2n) is 5.60. The van der Waals surface area contributed by atoms with E-state index in [0.29, 0.717) is 34.0 Å². The van der Waals surface area contributed by atoms with Crippen molar-refractivity contribution < 1.29 is 4.79 Å². The van der Waals surface area contributed by atoms with Crippen LogP contribution < -0.4 is 11.1 Å². The van der Waals surface area contributed by atoms with Gasteiger partial charge in [0.05, 0.1) is 21.9 Å². The third kappa shape index (κ3) is 3.38. The number of carbonyl (C=O) groups is 1. The highest BCUT2D eigenvalue weighted by Gasteiger charge is 2.15. The van der Waals surface area contributed by atoms with Crippen LogP contribution in [0.15, 0.2) is 39.9 Å². The van der Waals surface area contributed by atoms with Gasteiger partial charge in [-0.25, -0.2) is 0 Å². The van der Waals surface area contributed by atoms with Crippen molar-refractivity contribution in [1.82, 2.24) is 14.5 Å². The Morgan fingerprint density at radius 1 is 1.28 bits per heavy atom. The summed E-state index contributed by atoms with van der Waals surface area (Å²) in [5.41, 5.74) is 0.206. The van der Waals surface area contributed by atoms with E-state index in [4.69, 9.17) is 11.6 Å². The van der Waals surface area contributed by atoms with E-state index in [1.54, 1.807) is 43.1 Å². The lowest BCUT2D eigenvalue weighted by Gasteiger charge is -2.17. The number of hydrogen-bond donors (Lipinski definition) is 1. The summed E-state index contributed by atoms with van der Waals surface area (Å²) in [6, 6.07) is 8.62. The fourth-order valence-electron chi connectivity index (χ4n) is 2.69. The quantitative estimate of drug-likeness (QED) is 0.710. The number of nitrogens with zero attached hydrogens (tertiary/aromatic N) is 2. The van der Waals surface area contributed by atoms with Gasteiger partial charge in [0.25, 0.3) is 5.91 Å². The first-order valence-electron chi connectivity index (χ1n) is 7.67. The molecule has 3 rings (SSSR count). The van der Waals surface area contributed by atoms with E-state index in [2.05, 4.69) is 4.98 Å². The topological polar surface area (TPSA) is 75.2 Å². The Labute approximate surface area is 152 Å². The molecule has 2 heterocycles. The zero-order valence-corrected chi connectivity index (χ0v) is 15.3. The predicted molar refractivity (Wildman–Crippen MR) is 99.6 cm³/mol. The van der Waals surface area contributed by atoms with E-state index in [9.17, 15) is 14.4 Å². The van der Waals surface area contributed by atoms with Gasteiger partial charge in [-0.2, -0.15) is 0 Å². The number of nitrogens with one attached hydrogen (secondary N) is 1. The molecule has 0 fully saturated rings. The maximum absolute atomic E-state index is 12.6. The minimum Gasteiger partial charge on any atom is -0.337 e. The van der Waals surface area contributed by atoms with Gasteiger partial charge in [0.15, 0.2) is 0 Å². The first kappa shape index (κ1) is 17.4. The van der Waals surface area contributed by atoms with Crippen molar-refractivity contribution in [3.8, 4) is 0 Å². The van der Waals surface area contributed by atoms with Gasteiger partial charge in [0, 0.05) is 24.0 Å². The molecule has 0 saturated heterocycles. The Hall–Kier alpha value is -2.38. The number of carbonyl (C=O) groups excluding carboxylic acids is 1. The molecule has 0 aliphatic rings. The Morgan fingerprint density at radius 3 is 2.68 bits per heavy atom. The molecule has 1 N–H and O–H groups in total. The molecule has 6 nitrogen and oxygen atoms in total. The molecule has 0 aliphatic carbocycles. The number of amides is 1. The van der Waals surface area contributed by atoms with Gasteiger partial charge >= 0.3 is 11.1 Å². The summed E-state index contributed by atoms with van der Waals surface area (Å²) in [7, 11) is 1.70. The van der Waals surface area contributed by atoms with Crippen molar-refractivity contribution in [3.05, 3.63) is 65.8 Å². The fourth-order valence-corrected chi connectivity index (χ4v) is 3.83. The first-order valence-corrected chi connectivity index (χ1v) is 8.86. The van der Waals surface area contributed by atoms with Crippen LogP contribution in [0.3, 0.4) is 0 Å². The summed E-state index contributed by atoms with van der Waals surface area (Å²) < 4.78 is 2.07. The Bertz CT molecular complexity index is 1070. The second-order valence-corrected chi connectivity index (χ2v) is 7.40. The van der Waals surface area contributed by atoms with E-state index >= 15 is 0 Å². The van der Waals surface area contributed by atoms with Crippen molar-refractivity contribution in [3.63, 3.8) is 0 Å². The minimum absolute atomic E-state index is 0.179. The number of aryl methyl sites for hydroxylation is 1. The SMILES string of the molecule is CCn1c(=O)c(=O)[nH]c2cc(C(=O)N(C)Cc3ccc(Cl)s3)ccc21. The zero-order valence-electron chi connectivity index (χ0n) is 13.7. The standard InChI is InChI=1S/C17H16ClN3O3S/c1-3-21-13-6-4-10(8-12(13)19-15(22)17(21)24)16(23)20(2)9-11-5-7-14(18)25-11/h4-8H,3,9H2,1-2H3,(H,19,22). The molecule has 1 amide bonds. The normalized spacial score (nSPS) is 11.0. The van der Waals surface area contributed by atoms with Crippen LogP contribution in [0, 0.1) is 0 Å². The lowest BCUT2D eigenvalue weighted by Crippen LogP contribution is -2.36. The molecule has 0 bridgehead atoms. The van der Waals surface area contributed by atoms with E-state index in [0.717, 1.165) is 4.88 Å². The maximum Gasteiger partial charge on any atom is 0.316 e. The fraction of sp³-hybridized carbons (Fsp3) is 0.235. The lowest BCUT2D eigenvalue weighted by molar-refractivity contribution is 0.0786. The van der Waals surface area contributed by atoms with E-state index in [1.807, 2.05) is 6.07 Å². The molecular weight excluding hydrogens is 362 g/mol. The molecular formula is C17H16ClN3O3S. The molecule has 0 atom stereocenters. The van der Waals surface area contributed by atoms with Crippen LogP contribution in [0.2, 0.25) is 4.34 Å². The summed E-state index contributed by atoms with van der Waals surface area (Å²) in [5.74, 6) is -0.179. The number of hydrogen-bond acceptors (Lipinski definition) is 4. The number of aromatic amines is 1. The Morgan fingerprint density at radius 2 is 2.04 bits per heavy atom. The highest BCUT2D eigenvalue weighted by molar-refractivity contribution is 7.16. The van der Waals surface area contributed by atoms with Crippen molar-refractivity contribution >= 4 is 39.9 Å². The number of fused-ring (bicyclic) bond motifs is 1. The minimum atomic E-state index is -0.694. The molecule has 8 heteroatoms. The molecule has 0 saturated carbocycles. The summed E-state index contributed by atoms with van der Waals surface area (Å²) in [5, 5.41) is 0. The maximum atomic E-state index is 12.6. The third-order valence-electron chi connectivity index (χ3n) is 3.91. The van der Waals surface area contributed by atoms with Crippen LogP contribution in [0.1, 0.15) is 22.2 Å². The van der Waals surface area contributed by atoms with Gasteiger partial charge in [-0.05, 0) is 37.3 Å². The summed E-state index contributed by atoms with van der Waals surface area (Å²) in [6.07, 6.45) is 0. The van der Waals surface area contributed by atoms with Crippen LogP contribution in [-0.4, -0.2) is 27.4 Å². The Kier molecular flexibility index (Phi) is 4.78. The summed E-state index contributed by atoms with van der Waals surface area (Å²) in [6.45, 7) is 2.62.